The molecule has 0 heterocycles. The first kappa shape index (κ1) is 13.0. The Morgan fingerprint density at radius 3 is 2.65 bits per heavy atom. The van der Waals surface area contributed by atoms with E-state index in [1.54, 1.807) is 0 Å². The van der Waals surface area contributed by atoms with E-state index >= 15 is 0 Å². The molecule has 1 rings (SSSR count). The van der Waals surface area contributed by atoms with Crippen molar-refractivity contribution in [1.82, 2.24) is 0 Å². The summed E-state index contributed by atoms with van der Waals surface area (Å²) >= 11 is 0. The van der Waals surface area contributed by atoms with Gasteiger partial charge in [-0.2, -0.15) is 5.26 Å². The Kier molecular flexibility index (Phi) is 4.04. The number of nitrogens with zero attached hydrogens (tertiary/aromatic N) is 1. The third kappa shape index (κ3) is 3.17. The normalized spacial score (nSPS) is 13.7. The molecule has 2 unspecified atom stereocenters. The number of nitrogens with two attached hydrogens (primary N) is 1. The Hall–Kier alpha value is -2.10. The number of hydrogen-bond acceptors (Lipinski definition) is 5. The van der Waals surface area contributed by atoms with E-state index in [0.717, 1.165) is 0 Å². The second kappa shape index (κ2) is 5.30. The molecule has 2 atom stereocenters. The first-order valence-electron chi connectivity index (χ1n) is 4.83. The maximum absolute atomic E-state index is 10.4. The van der Waals surface area contributed by atoms with Crippen molar-refractivity contribution in [3.63, 3.8) is 0 Å². The predicted octanol–water partition coefficient (Wildman–Crippen LogP) is 0.00948. The molecule has 0 radical (unpaired) electrons. The van der Waals surface area contributed by atoms with E-state index in [1.807, 2.05) is 6.07 Å². The first-order chi connectivity index (χ1) is 7.95. The Morgan fingerprint density at radius 2 is 2.12 bits per heavy atom. The fourth-order valence-corrected chi connectivity index (χ4v) is 1.43. The fraction of sp³-hybridized carbons (Fsp3) is 0.273. The number of nitrogen functional groups attached to an aromatic ring is 1. The summed E-state index contributed by atoms with van der Waals surface area (Å²) in [6.45, 7) is 0. The van der Waals surface area contributed by atoms with Crippen molar-refractivity contribution < 1.29 is 20.1 Å². The molecular formula is C11H12N2O4. The predicted molar refractivity (Wildman–Crippen MR) is 58.8 cm³/mol. The molecule has 0 aromatic heterocycles. The molecule has 90 valence electrons. The van der Waals surface area contributed by atoms with E-state index in [2.05, 4.69) is 0 Å². The van der Waals surface area contributed by atoms with Crippen LogP contribution in [0.15, 0.2) is 18.2 Å². The van der Waals surface area contributed by atoms with Gasteiger partial charge in [0.1, 0.15) is 6.10 Å². The average Bonchev–Trinajstić information content (AvgIpc) is 2.27. The molecule has 0 aliphatic carbocycles. The van der Waals surface area contributed by atoms with Crippen molar-refractivity contribution in [3.05, 3.63) is 29.3 Å². The number of hydrogen-bond donors (Lipinski definition) is 4. The van der Waals surface area contributed by atoms with E-state index in [4.69, 9.17) is 16.1 Å². The molecule has 0 bridgehead atoms. The number of nitriles is 1. The maximum atomic E-state index is 10.4. The van der Waals surface area contributed by atoms with Crippen molar-refractivity contribution in [3.8, 4) is 6.07 Å². The van der Waals surface area contributed by atoms with Crippen LogP contribution < -0.4 is 5.73 Å². The molecule has 0 saturated carbocycles. The number of benzene rings is 1. The Labute approximate surface area is 97.5 Å². The third-order valence-corrected chi connectivity index (χ3v) is 2.26. The van der Waals surface area contributed by atoms with Gasteiger partial charge in [0.05, 0.1) is 24.2 Å². The van der Waals surface area contributed by atoms with Crippen LogP contribution in [0.2, 0.25) is 0 Å². The van der Waals surface area contributed by atoms with Crippen LogP contribution >= 0.6 is 0 Å². The van der Waals surface area contributed by atoms with Crippen molar-refractivity contribution in [2.45, 2.75) is 18.6 Å². The van der Waals surface area contributed by atoms with E-state index < -0.39 is 24.6 Å². The molecule has 0 fully saturated rings. The molecule has 5 N–H and O–H groups in total. The van der Waals surface area contributed by atoms with Gasteiger partial charge in [0.15, 0.2) is 0 Å². The molecule has 0 aliphatic heterocycles. The second-order valence-electron chi connectivity index (χ2n) is 3.57. The minimum atomic E-state index is -1.47. The first-order valence-corrected chi connectivity index (χ1v) is 4.83. The number of rotatable bonds is 4. The molecule has 0 saturated heterocycles. The summed E-state index contributed by atoms with van der Waals surface area (Å²) in [7, 11) is 0. The number of aliphatic hydroxyl groups is 2. The standard InChI is InChI=1S/C11H12N2O4/c12-5-6-3-7(13)1-2-8(6)11(17)9(14)4-10(15)16/h1-3,9,11,14,17H,4,13H2,(H,15,16). The average molecular weight is 236 g/mol. The van der Waals surface area contributed by atoms with Gasteiger partial charge in [-0.25, -0.2) is 0 Å². The highest BCUT2D eigenvalue weighted by molar-refractivity contribution is 5.67. The Morgan fingerprint density at radius 1 is 1.47 bits per heavy atom. The van der Waals surface area contributed by atoms with Crippen LogP contribution in [0.5, 0.6) is 0 Å². The monoisotopic (exact) mass is 236 g/mol. The summed E-state index contributed by atoms with van der Waals surface area (Å²) in [6, 6.07) is 6.04. The minimum Gasteiger partial charge on any atom is -0.481 e. The molecule has 17 heavy (non-hydrogen) atoms. The largest absolute Gasteiger partial charge is 0.481 e. The van der Waals surface area contributed by atoms with Crippen molar-refractivity contribution in [2.75, 3.05) is 5.73 Å². The van der Waals surface area contributed by atoms with E-state index in [0.29, 0.717) is 5.69 Å². The van der Waals surface area contributed by atoms with Gasteiger partial charge < -0.3 is 21.1 Å². The summed E-state index contributed by atoms with van der Waals surface area (Å²) in [5.74, 6) is -1.23. The van der Waals surface area contributed by atoms with Crippen LogP contribution in [0.4, 0.5) is 5.69 Å². The number of anilines is 1. The number of aliphatic hydroxyl groups excluding tert-OH is 2. The lowest BCUT2D eigenvalue weighted by atomic mass is 9.97. The molecule has 1 aromatic rings. The van der Waals surface area contributed by atoms with Crippen LogP contribution in [-0.4, -0.2) is 27.4 Å². The summed E-state index contributed by atoms with van der Waals surface area (Å²) in [6.07, 6.45) is -3.50. The van der Waals surface area contributed by atoms with Crippen molar-refractivity contribution in [1.29, 1.82) is 5.26 Å². The van der Waals surface area contributed by atoms with Crippen LogP contribution in [0.1, 0.15) is 23.7 Å². The summed E-state index contributed by atoms with van der Waals surface area (Å²) < 4.78 is 0. The molecule has 0 spiro atoms. The van der Waals surface area contributed by atoms with Gasteiger partial charge >= 0.3 is 5.97 Å². The Balaban J connectivity index is 3.00. The van der Waals surface area contributed by atoms with E-state index in [-0.39, 0.29) is 11.1 Å². The minimum absolute atomic E-state index is 0.113. The smallest absolute Gasteiger partial charge is 0.306 e. The summed E-state index contributed by atoms with van der Waals surface area (Å²) in [5.41, 5.74) is 6.10. The lowest BCUT2D eigenvalue weighted by molar-refractivity contribution is -0.141. The topological polar surface area (TPSA) is 128 Å². The molecular weight excluding hydrogens is 224 g/mol. The number of aliphatic carboxylic acids is 1. The van der Waals surface area contributed by atoms with Gasteiger partial charge in [0, 0.05) is 11.3 Å². The lowest BCUT2D eigenvalue weighted by Crippen LogP contribution is -2.22. The van der Waals surface area contributed by atoms with E-state index in [9.17, 15) is 15.0 Å². The zero-order chi connectivity index (χ0) is 13.0. The number of carbonyl (C=O) groups is 1. The van der Waals surface area contributed by atoms with Crippen LogP contribution in [0.3, 0.4) is 0 Å². The Bertz CT molecular complexity index is 467. The van der Waals surface area contributed by atoms with E-state index in [1.165, 1.54) is 18.2 Å². The van der Waals surface area contributed by atoms with Crippen molar-refractivity contribution in [2.24, 2.45) is 0 Å². The highest BCUT2D eigenvalue weighted by atomic mass is 16.4. The fourth-order valence-electron chi connectivity index (χ4n) is 1.43. The molecule has 6 heteroatoms. The van der Waals surface area contributed by atoms with Gasteiger partial charge in [0.25, 0.3) is 0 Å². The number of carboxylic acids is 1. The quantitative estimate of drug-likeness (QED) is 0.545. The lowest BCUT2D eigenvalue weighted by Gasteiger charge is -2.17. The van der Waals surface area contributed by atoms with Crippen LogP contribution in [-0.2, 0) is 4.79 Å². The number of carboxylic acid groups (broad SMARTS) is 1. The summed E-state index contributed by atoms with van der Waals surface area (Å²) in [5, 5.41) is 36.5. The molecule has 1 aromatic carbocycles. The van der Waals surface area contributed by atoms with Crippen LogP contribution in [0.25, 0.3) is 0 Å². The molecule has 0 amide bonds. The van der Waals surface area contributed by atoms with Gasteiger partial charge in [-0.05, 0) is 12.1 Å². The van der Waals surface area contributed by atoms with Gasteiger partial charge in [-0.3, -0.25) is 4.79 Å². The van der Waals surface area contributed by atoms with Crippen LogP contribution in [0, 0.1) is 11.3 Å². The molecule has 0 aliphatic rings. The van der Waals surface area contributed by atoms with Gasteiger partial charge in [-0.15, -0.1) is 0 Å². The van der Waals surface area contributed by atoms with Gasteiger partial charge in [-0.1, -0.05) is 6.07 Å². The summed E-state index contributed by atoms with van der Waals surface area (Å²) in [4.78, 5) is 10.4. The zero-order valence-corrected chi connectivity index (χ0v) is 8.87. The third-order valence-electron chi connectivity index (χ3n) is 2.26. The highest BCUT2D eigenvalue weighted by Gasteiger charge is 2.23. The molecule has 6 nitrogen and oxygen atoms in total. The van der Waals surface area contributed by atoms with Crippen molar-refractivity contribution >= 4 is 11.7 Å². The zero-order valence-electron chi connectivity index (χ0n) is 8.87. The highest BCUT2D eigenvalue weighted by Crippen LogP contribution is 2.24. The SMILES string of the molecule is N#Cc1cc(N)ccc1C(O)C(O)CC(=O)O. The maximum Gasteiger partial charge on any atom is 0.306 e. The second-order valence-corrected chi connectivity index (χ2v) is 3.57. The van der Waals surface area contributed by atoms with Gasteiger partial charge in [0.2, 0.25) is 0 Å².